The Morgan fingerprint density at radius 2 is 1.70 bits per heavy atom. The summed E-state index contributed by atoms with van der Waals surface area (Å²) >= 11 is 0. The Balaban J connectivity index is 0.00000147. The highest BCUT2D eigenvalue weighted by atomic mass is 35.5. The first-order valence-electron chi connectivity index (χ1n) is 8.22. The summed E-state index contributed by atoms with van der Waals surface area (Å²) in [5.41, 5.74) is 3.14. The maximum absolute atomic E-state index is 3.67. The molecule has 1 aromatic rings. The summed E-state index contributed by atoms with van der Waals surface area (Å²) in [5, 5.41) is 3.67. The molecule has 0 aliphatic heterocycles. The smallest absolute Gasteiger partial charge is 0.0208 e. The van der Waals surface area contributed by atoms with E-state index < -0.39 is 0 Å². The molecule has 0 heterocycles. The van der Waals surface area contributed by atoms with Gasteiger partial charge in [0.1, 0.15) is 0 Å². The van der Waals surface area contributed by atoms with E-state index in [-0.39, 0.29) is 12.4 Å². The van der Waals surface area contributed by atoms with E-state index in [1.807, 2.05) is 0 Å². The molecule has 0 saturated heterocycles. The van der Waals surface area contributed by atoms with Crippen molar-refractivity contribution >= 4 is 12.4 Å². The van der Waals surface area contributed by atoms with Crippen molar-refractivity contribution in [1.29, 1.82) is 0 Å². The van der Waals surface area contributed by atoms with Crippen LogP contribution in [-0.2, 0) is 6.54 Å². The predicted molar refractivity (Wildman–Crippen MR) is 88.6 cm³/mol. The zero-order valence-corrected chi connectivity index (χ0v) is 13.3. The zero-order valence-electron chi connectivity index (χ0n) is 12.4. The van der Waals surface area contributed by atoms with Crippen molar-refractivity contribution in [2.24, 2.45) is 5.92 Å². The van der Waals surface area contributed by atoms with Gasteiger partial charge in [-0.2, -0.15) is 0 Å². The van der Waals surface area contributed by atoms with Crippen LogP contribution < -0.4 is 5.32 Å². The molecule has 2 fully saturated rings. The first kappa shape index (κ1) is 15.9. The molecule has 1 N–H and O–H groups in total. The normalized spacial score (nSPS) is 19.6. The molecule has 0 atom stereocenters. The number of nitrogens with one attached hydrogen (secondary N) is 1. The van der Waals surface area contributed by atoms with Gasteiger partial charge in [0.25, 0.3) is 0 Å². The zero-order chi connectivity index (χ0) is 12.9. The number of hydrogen-bond donors (Lipinski definition) is 1. The molecule has 1 aromatic carbocycles. The predicted octanol–water partition coefficient (Wildman–Crippen LogP) is 5.05. The van der Waals surface area contributed by atoms with Crippen molar-refractivity contribution < 1.29 is 0 Å². The van der Waals surface area contributed by atoms with Crippen LogP contribution in [0.15, 0.2) is 24.3 Å². The molecule has 20 heavy (non-hydrogen) atoms. The highest BCUT2D eigenvalue weighted by Gasteiger charge is 2.25. The summed E-state index contributed by atoms with van der Waals surface area (Å²) < 4.78 is 0. The molecule has 3 rings (SSSR count). The molecule has 0 unspecified atom stereocenters. The lowest BCUT2D eigenvalue weighted by Gasteiger charge is -2.21. The molecule has 112 valence electrons. The molecular formula is C18H28ClN. The van der Waals surface area contributed by atoms with Gasteiger partial charge in [-0.1, -0.05) is 56.4 Å². The molecule has 0 radical (unpaired) electrons. The van der Waals surface area contributed by atoms with Gasteiger partial charge >= 0.3 is 0 Å². The SMILES string of the molecule is Cl.c1ccc(C2CC2)c(CNCCC2CCCCC2)c1. The summed E-state index contributed by atoms with van der Waals surface area (Å²) in [7, 11) is 0. The van der Waals surface area contributed by atoms with Crippen molar-refractivity contribution in [3.05, 3.63) is 35.4 Å². The van der Waals surface area contributed by atoms with Gasteiger partial charge in [-0.05, 0) is 48.8 Å². The van der Waals surface area contributed by atoms with Crippen molar-refractivity contribution in [2.75, 3.05) is 6.54 Å². The van der Waals surface area contributed by atoms with Crippen molar-refractivity contribution in [2.45, 2.75) is 63.8 Å². The van der Waals surface area contributed by atoms with E-state index in [1.54, 1.807) is 5.56 Å². The Bertz CT molecular complexity index is 394. The Kier molecular flexibility index (Phi) is 6.38. The van der Waals surface area contributed by atoms with E-state index in [0.717, 1.165) is 18.4 Å². The molecule has 2 heteroatoms. The number of halogens is 1. The monoisotopic (exact) mass is 293 g/mol. The molecule has 2 saturated carbocycles. The molecule has 0 amide bonds. The summed E-state index contributed by atoms with van der Waals surface area (Å²) in [5.74, 6) is 1.87. The van der Waals surface area contributed by atoms with Crippen LogP contribution in [-0.4, -0.2) is 6.54 Å². The molecule has 2 aliphatic carbocycles. The fourth-order valence-electron chi connectivity index (χ4n) is 3.49. The van der Waals surface area contributed by atoms with Crippen molar-refractivity contribution in [3.63, 3.8) is 0 Å². The minimum Gasteiger partial charge on any atom is -0.313 e. The van der Waals surface area contributed by atoms with Gasteiger partial charge in [0.15, 0.2) is 0 Å². The highest BCUT2D eigenvalue weighted by molar-refractivity contribution is 5.85. The van der Waals surface area contributed by atoms with Crippen LogP contribution >= 0.6 is 12.4 Å². The lowest BCUT2D eigenvalue weighted by Crippen LogP contribution is -2.19. The Morgan fingerprint density at radius 1 is 0.950 bits per heavy atom. The number of rotatable bonds is 6. The lowest BCUT2D eigenvalue weighted by molar-refractivity contribution is 0.334. The third kappa shape index (κ3) is 4.49. The van der Waals surface area contributed by atoms with Gasteiger partial charge in [0.2, 0.25) is 0 Å². The van der Waals surface area contributed by atoms with Gasteiger partial charge in [-0.15, -0.1) is 12.4 Å². The molecule has 0 spiro atoms. The summed E-state index contributed by atoms with van der Waals surface area (Å²) in [6.07, 6.45) is 11.5. The highest BCUT2D eigenvalue weighted by Crippen LogP contribution is 2.41. The third-order valence-corrected chi connectivity index (χ3v) is 4.84. The average Bonchev–Trinajstić information content (AvgIpc) is 3.30. The summed E-state index contributed by atoms with van der Waals surface area (Å²) in [6.45, 7) is 2.27. The molecule has 0 aromatic heterocycles. The molecule has 1 nitrogen and oxygen atoms in total. The van der Waals surface area contributed by atoms with Gasteiger partial charge in [0.05, 0.1) is 0 Å². The van der Waals surface area contributed by atoms with Crippen LogP contribution in [0.4, 0.5) is 0 Å². The molecule has 2 aliphatic rings. The molecular weight excluding hydrogens is 266 g/mol. The van der Waals surface area contributed by atoms with E-state index in [0.29, 0.717) is 0 Å². The maximum atomic E-state index is 3.67. The Hall–Kier alpha value is -0.530. The van der Waals surface area contributed by atoms with E-state index in [1.165, 1.54) is 63.5 Å². The second kappa shape index (κ2) is 8.05. The first-order chi connectivity index (χ1) is 9.43. The summed E-state index contributed by atoms with van der Waals surface area (Å²) in [6, 6.07) is 9.01. The maximum Gasteiger partial charge on any atom is 0.0208 e. The fraction of sp³-hybridized carbons (Fsp3) is 0.667. The van der Waals surface area contributed by atoms with Crippen LogP contribution in [0.2, 0.25) is 0 Å². The summed E-state index contributed by atoms with van der Waals surface area (Å²) in [4.78, 5) is 0. The van der Waals surface area contributed by atoms with E-state index in [9.17, 15) is 0 Å². The van der Waals surface area contributed by atoms with Crippen LogP contribution in [0.5, 0.6) is 0 Å². The second-order valence-corrected chi connectivity index (χ2v) is 6.44. The number of benzene rings is 1. The quantitative estimate of drug-likeness (QED) is 0.724. The third-order valence-electron chi connectivity index (χ3n) is 4.84. The van der Waals surface area contributed by atoms with Gasteiger partial charge < -0.3 is 5.32 Å². The first-order valence-corrected chi connectivity index (χ1v) is 8.22. The van der Waals surface area contributed by atoms with E-state index >= 15 is 0 Å². The number of hydrogen-bond acceptors (Lipinski definition) is 1. The van der Waals surface area contributed by atoms with Gasteiger partial charge in [0, 0.05) is 6.54 Å². The fourth-order valence-corrected chi connectivity index (χ4v) is 3.49. The average molecular weight is 294 g/mol. The van der Waals surface area contributed by atoms with Gasteiger partial charge in [-0.3, -0.25) is 0 Å². The minimum atomic E-state index is 0. The topological polar surface area (TPSA) is 12.0 Å². The second-order valence-electron chi connectivity index (χ2n) is 6.44. The minimum absolute atomic E-state index is 0. The lowest BCUT2D eigenvalue weighted by atomic mass is 9.87. The van der Waals surface area contributed by atoms with Crippen LogP contribution in [0.3, 0.4) is 0 Å². The largest absolute Gasteiger partial charge is 0.313 e. The molecule has 0 bridgehead atoms. The van der Waals surface area contributed by atoms with Crippen molar-refractivity contribution in [3.8, 4) is 0 Å². The van der Waals surface area contributed by atoms with E-state index in [2.05, 4.69) is 29.6 Å². The van der Waals surface area contributed by atoms with Crippen LogP contribution in [0, 0.1) is 5.92 Å². The Labute approximate surface area is 130 Å². The van der Waals surface area contributed by atoms with Crippen LogP contribution in [0.1, 0.15) is 68.4 Å². The Morgan fingerprint density at radius 3 is 2.45 bits per heavy atom. The van der Waals surface area contributed by atoms with E-state index in [4.69, 9.17) is 0 Å². The van der Waals surface area contributed by atoms with Gasteiger partial charge in [-0.25, -0.2) is 0 Å². The standard InChI is InChI=1S/C18H27N.ClH/c1-2-6-15(7-3-1)12-13-19-14-17-8-4-5-9-18(17)16-10-11-16;/h4-5,8-9,15-16,19H,1-3,6-7,10-14H2;1H. The van der Waals surface area contributed by atoms with Crippen molar-refractivity contribution in [1.82, 2.24) is 5.32 Å². The van der Waals surface area contributed by atoms with Crippen LogP contribution in [0.25, 0.3) is 0 Å².